The van der Waals surface area contributed by atoms with E-state index >= 15 is 0 Å². The number of aryl methyl sites for hydroxylation is 1. The van der Waals surface area contributed by atoms with Crippen molar-refractivity contribution >= 4 is 15.8 Å². The topological polar surface area (TPSA) is 86.5 Å². The third-order valence-electron chi connectivity index (χ3n) is 2.27. The van der Waals surface area contributed by atoms with Crippen LogP contribution in [0.2, 0.25) is 0 Å². The van der Waals surface area contributed by atoms with E-state index in [4.69, 9.17) is 10.5 Å². The van der Waals surface area contributed by atoms with E-state index in [2.05, 4.69) is 0 Å². The van der Waals surface area contributed by atoms with Crippen molar-refractivity contribution in [2.75, 3.05) is 0 Å². The number of sulfone groups is 1. The van der Waals surface area contributed by atoms with Gasteiger partial charge in [0, 0.05) is 0 Å². The predicted molar refractivity (Wildman–Crippen MR) is 76.5 cm³/mol. The van der Waals surface area contributed by atoms with Crippen LogP contribution in [0.5, 0.6) is 0 Å². The van der Waals surface area contributed by atoms with E-state index in [1.165, 1.54) is 12.1 Å². The molecule has 0 aliphatic rings. The molecule has 0 bridgehead atoms. The van der Waals surface area contributed by atoms with Crippen LogP contribution in [-0.2, 0) is 19.4 Å². The first kappa shape index (κ1) is 16.2. The molecule has 6 heteroatoms. The van der Waals surface area contributed by atoms with Gasteiger partial charge in [0.1, 0.15) is 11.3 Å². The second-order valence-corrected chi connectivity index (χ2v) is 7.23. The van der Waals surface area contributed by atoms with Gasteiger partial charge in [-0.25, -0.2) is 13.2 Å². The van der Waals surface area contributed by atoms with E-state index < -0.39 is 27.1 Å². The highest BCUT2D eigenvalue weighted by molar-refractivity contribution is 7.94. The molecule has 0 saturated heterocycles. The Morgan fingerprint density at radius 2 is 1.70 bits per heavy atom. The van der Waals surface area contributed by atoms with Crippen LogP contribution < -0.4 is 5.73 Å². The van der Waals surface area contributed by atoms with Crippen molar-refractivity contribution in [2.45, 2.75) is 38.2 Å². The standard InChI is InChI=1S/C14H19NO4S/c1-10-5-7-11(8-6-10)20(17,18)9-12(15)13(16)19-14(2,3)4/h5-9H,15H2,1-4H3. The summed E-state index contributed by atoms with van der Waals surface area (Å²) in [4.78, 5) is 11.7. The number of carbonyl (C=O) groups is 1. The normalized spacial score (nSPS) is 13.1. The van der Waals surface area contributed by atoms with E-state index in [1.54, 1.807) is 32.9 Å². The van der Waals surface area contributed by atoms with Gasteiger partial charge in [0.25, 0.3) is 0 Å². The third-order valence-corrected chi connectivity index (χ3v) is 3.76. The molecule has 0 fully saturated rings. The molecule has 0 aliphatic carbocycles. The van der Waals surface area contributed by atoms with Crippen molar-refractivity contribution in [1.82, 2.24) is 0 Å². The Labute approximate surface area is 119 Å². The molecule has 0 radical (unpaired) electrons. The first-order valence-corrected chi connectivity index (χ1v) is 7.58. The van der Waals surface area contributed by atoms with Crippen LogP contribution in [0, 0.1) is 6.92 Å². The Hall–Kier alpha value is -1.82. The van der Waals surface area contributed by atoms with E-state index in [-0.39, 0.29) is 4.90 Å². The molecule has 1 rings (SSSR count). The number of rotatable bonds is 3. The molecule has 1 aromatic carbocycles. The van der Waals surface area contributed by atoms with Gasteiger partial charge >= 0.3 is 5.97 Å². The molecule has 0 saturated carbocycles. The SMILES string of the molecule is Cc1ccc(S(=O)(=O)C=C(N)C(=O)OC(C)(C)C)cc1. The number of carbonyl (C=O) groups excluding carboxylic acids is 1. The summed E-state index contributed by atoms with van der Waals surface area (Å²) in [5.41, 5.74) is 5.25. The Kier molecular flexibility index (Phi) is 4.60. The van der Waals surface area contributed by atoms with Crippen LogP contribution in [0.15, 0.2) is 40.3 Å². The maximum atomic E-state index is 12.1. The van der Waals surface area contributed by atoms with Crippen LogP contribution in [0.4, 0.5) is 0 Å². The summed E-state index contributed by atoms with van der Waals surface area (Å²) in [5.74, 6) is -0.854. The molecule has 5 nitrogen and oxygen atoms in total. The molecule has 20 heavy (non-hydrogen) atoms. The summed E-state index contributed by atoms with van der Waals surface area (Å²) in [5, 5.41) is 0.728. The molecule has 1 aromatic rings. The lowest BCUT2D eigenvalue weighted by Crippen LogP contribution is -2.27. The van der Waals surface area contributed by atoms with Gasteiger partial charge in [0.05, 0.1) is 10.3 Å². The minimum Gasteiger partial charge on any atom is -0.455 e. The number of benzene rings is 1. The Balaban J connectivity index is 3.02. The van der Waals surface area contributed by atoms with E-state index in [0.717, 1.165) is 11.0 Å². The number of ether oxygens (including phenoxy) is 1. The van der Waals surface area contributed by atoms with Crippen LogP contribution in [0.3, 0.4) is 0 Å². The van der Waals surface area contributed by atoms with E-state index in [1.807, 2.05) is 6.92 Å². The van der Waals surface area contributed by atoms with Gasteiger partial charge in [-0.05, 0) is 39.8 Å². The zero-order chi connectivity index (χ0) is 15.6. The van der Waals surface area contributed by atoms with Crippen molar-refractivity contribution < 1.29 is 17.9 Å². The van der Waals surface area contributed by atoms with Crippen molar-refractivity contribution in [1.29, 1.82) is 0 Å². The lowest BCUT2D eigenvalue weighted by atomic mass is 10.2. The summed E-state index contributed by atoms with van der Waals surface area (Å²) in [6.07, 6.45) is 0. The van der Waals surface area contributed by atoms with Gasteiger partial charge < -0.3 is 10.5 Å². The zero-order valence-corrected chi connectivity index (χ0v) is 12.8. The van der Waals surface area contributed by atoms with Gasteiger partial charge in [0.2, 0.25) is 9.84 Å². The quantitative estimate of drug-likeness (QED) is 0.680. The average molecular weight is 297 g/mol. The zero-order valence-electron chi connectivity index (χ0n) is 12.0. The predicted octanol–water partition coefficient (Wildman–Crippen LogP) is 1.91. The molecular formula is C14H19NO4S. The Bertz CT molecular complexity index is 622. The van der Waals surface area contributed by atoms with Gasteiger partial charge in [-0.15, -0.1) is 0 Å². The van der Waals surface area contributed by atoms with Gasteiger partial charge in [-0.2, -0.15) is 0 Å². The third kappa shape index (κ3) is 4.70. The number of hydrogen-bond acceptors (Lipinski definition) is 5. The van der Waals surface area contributed by atoms with Gasteiger partial charge in [0.15, 0.2) is 0 Å². The van der Waals surface area contributed by atoms with Gasteiger partial charge in [-0.3, -0.25) is 0 Å². The highest BCUT2D eigenvalue weighted by atomic mass is 32.2. The summed E-state index contributed by atoms with van der Waals surface area (Å²) < 4.78 is 29.1. The molecule has 0 amide bonds. The fourth-order valence-corrected chi connectivity index (χ4v) is 2.43. The monoisotopic (exact) mass is 297 g/mol. The number of esters is 1. The molecular weight excluding hydrogens is 278 g/mol. The highest BCUT2D eigenvalue weighted by Crippen LogP contribution is 2.15. The summed E-state index contributed by atoms with van der Waals surface area (Å²) in [6, 6.07) is 6.27. The minimum atomic E-state index is -3.76. The second kappa shape index (κ2) is 5.66. The minimum absolute atomic E-state index is 0.0783. The van der Waals surface area contributed by atoms with E-state index in [0.29, 0.717) is 0 Å². The molecule has 0 aliphatic heterocycles. The maximum Gasteiger partial charge on any atom is 0.355 e. The second-order valence-electron chi connectivity index (χ2n) is 5.43. The average Bonchev–Trinajstić information content (AvgIpc) is 2.26. The molecule has 0 aromatic heterocycles. The largest absolute Gasteiger partial charge is 0.455 e. The van der Waals surface area contributed by atoms with Crippen molar-refractivity contribution in [2.24, 2.45) is 5.73 Å². The van der Waals surface area contributed by atoms with Crippen LogP contribution >= 0.6 is 0 Å². The first-order chi connectivity index (χ1) is 9.01. The lowest BCUT2D eigenvalue weighted by Gasteiger charge is -2.19. The Morgan fingerprint density at radius 1 is 1.20 bits per heavy atom. The molecule has 110 valence electrons. The highest BCUT2D eigenvalue weighted by Gasteiger charge is 2.21. The van der Waals surface area contributed by atoms with Crippen LogP contribution in [-0.4, -0.2) is 20.0 Å². The van der Waals surface area contributed by atoms with Crippen molar-refractivity contribution in [3.63, 3.8) is 0 Å². The first-order valence-electron chi connectivity index (χ1n) is 6.03. The smallest absolute Gasteiger partial charge is 0.355 e. The summed E-state index contributed by atoms with van der Waals surface area (Å²) >= 11 is 0. The maximum absolute atomic E-state index is 12.1. The van der Waals surface area contributed by atoms with Crippen molar-refractivity contribution in [3.05, 3.63) is 40.9 Å². The molecule has 2 N–H and O–H groups in total. The fourth-order valence-electron chi connectivity index (χ4n) is 1.35. The molecule has 0 spiro atoms. The lowest BCUT2D eigenvalue weighted by molar-refractivity contribution is -0.149. The van der Waals surface area contributed by atoms with Crippen LogP contribution in [0.1, 0.15) is 26.3 Å². The van der Waals surface area contributed by atoms with Gasteiger partial charge in [-0.1, -0.05) is 17.7 Å². The van der Waals surface area contributed by atoms with Crippen molar-refractivity contribution in [3.8, 4) is 0 Å². The molecule has 0 unspecified atom stereocenters. The Morgan fingerprint density at radius 3 is 2.15 bits per heavy atom. The number of hydrogen-bond donors (Lipinski definition) is 1. The summed E-state index contributed by atoms with van der Waals surface area (Å²) in [6.45, 7) is 6.87. The van der Waals surface area contributed by atoms with E-state index in [9.17, 15) is 13.2 Å². The number of nitrogens with two attached hydrogens (primary N) is 1. The van der Waals surface area contributed by atoms with Crippen LogP contribution in [0.25, 0.3) is 0 Å². The fraction of sp³-hybridized carbons (Fsp3) is 0.357. The molecule has 0 atom stereocenters. The summed E-state index contributed by atoms with van der Waals surface area (Å²) in [7, 11) is -3.76. The molecule has 0 heterocycles.